The van der Waals surface area contributed by atoms with Crippen molar-refractivity contribution in [2.24, 2.45) is 34.5 Å². The summed E-state index contributed by atoms with van der Waals surface area (Å²) in [6.45, 7) is 0.477. The Bertz CT molecular complexity index is 2760. The smallest absolute Gasteiger partial charge is 0.481 e. The van der Waals surface area contributed by atoms with Gasteiger partial charge in [0.25, 0.3) is 0 Å². The molecule has 0 unspecified atom stereocenters. The third-order valence-electron chi connectivity index (χ3n) is 14.6. The van der Waals surface area contributed by atoms with Crippen molar-refractivity contribution in [2.45, 2.75) is 90.0 Å². The number of aromatic nitrogens is 2. The zero-order valence-electron chi connectivity index (χ0n) is 37.3. The van der Waals surface area contributed by atoms with Crippen LogP contribution >= 0.6 is 0 Å². The molecule has 6 aromatic rings. The van der Waals surface area contributed by atoms with E-state index in [0.717, 1.165) is 25.7 Å². The van der Waals surface area contributed by atoms with Crippen molar-refractivity contribution in [3.8, 4) is 11.5 Å². The summed E-state index contributed by atoms with van der Waals surface area (Å²) in [5.41, 5.74) is 3.17. The first-order chi connectivity index (χ1) is 33.0. The van der Waals surface area contributed by atoms with E-state index in [9.17, 15) is 54.3 Å². The van der Waals surface area contributed by atoms with Crippen molar-refractivity contribution in [1.82, 2.24) is 9.13 Å². The second-order valence-electron chi connectivity index (χ2n) is 19.7. The number of carbonyl (C=O) groups is 4. The molecule has 2 spiro atoms. The van der Waals surface area contributed by atoms with E-state index in [4.69, 9.17) is 10.2 Å². The molecule has 70 heavy (non-hydrogen) atoms. The highest BCUT2D eigenvalue weighted by Gasteiger charge is 2.56. The molecular formula is C52H46F8N2O8. The molecule has 4 aliphatic carbocycles. The number of hydrogen-bond donors (Lipinski definition) is 2. The van der Waals surface area contributed by atoms with Gasteiger partial charge in [0.15, 0.2) is 11.6 Å². The number of alkyl halides is 6. The van der Waals surface area contributed by atoms with Gasteiger partial charge in [-0.3, -0.25) is 19.2 Å². The van der Waals surface area contributed by atoms with Crippen molar-refractivity contribution < 1.29 is 74.0 Å². The van der Waals surface area contributed by atoms with Gasteiger partial charge in [0.2, 0.25) is 0 Å². The Morgan fingerprint density at radius 1 is 0.514 bits per heavy atom. The number of hydrogen-bond acceptors (Lipinski definition) is 6. The summed E-state index contributed by atoms with van der Waals surface area (Å²) in [6, 6.07) is 19.5. The number of benzene rings is 4. The molecule has 0 saturated heterocycles. The van der Waals surface area contributed by atoms with Gasteiger partial charge in [0, 0.05) is 60.2 Å². The lowest BCUT2D eigenvalue weighted by Crippen LogP contribution is -2.50. The van der Waals surface area contributed by atoms with E-state index in [0.29, 0.717) is 82.6 Å². The number of fused-ring (bicyclic) bond motifs is 2. The van der Waals surface area contributed by atoms with Crippen LogP contribution in [0, 0.1) is 46.1 Å². The van der Waals surface area contributed by atoms with Gasteiger partial charge in [-0.05, 0) is 146 Å². The molecular weight excluding hydrogens is 933 g/mol. The maximum Gasteiger partial charge on any atom is 0.573 e. The lowest BCUT2D eigenvalue weighted by Gasteiger charge is -2.56. The molecule has 0 atom stereocenters. The van der Waals surface area contributed by atoms with E-state index >= 15 is 0 Å². The second kappa shape index (κ2) is 18.2. The number of carbonyl (C=O) groups excluding carboxylic acids is 2. The minimum atomic E-state index is -4.78. The Kier molecular flexibility index (Phi) is 12.6. The first-order valence-corrected chi connectivity index (χ1v) is 22.8. The highest BCUT2D eigenvalue weighted by atomic mass is 19.4. The fourth-order valence-electron chi connectivity index (χ4n) is 11.6. The molecule has 4 aliphatic rings. The first-order valence-electron chi connectivity index (χ1n) is 22.8. The topological polar surface area (TPSA) is 137 Å². The van der Waals surface area contributed by atoms with E-state index < -0.39 is 36.3 Å². The van der Waals surface area contributed by atoms with E-state index in [1.807, 2.05) is 0 Å². The van der Waals surface area contributed by atoms with Crippen LogP contribution in [0.2, 0.25) is 0 Å². The number of ether oxygens (including phenoxy) is 2. The molecule has 4 saturated carbocycles. The van der Waals surface area contributed by atoms with Gasteiger partial charge in [-0.15, -0.1) is 26.3 Å². The van der Waals surface area contributed by atoms with Gasteiger partial charge in [-0.25, -0.2) is 8.78 Å². The monoisotopic (exact) mass is 978 g/mol. The highest BCUT2D eigenvalue weighted by molar-refractivity contribution is 6.08. The van der Waals surface area contributed by atoms with E-state index in [1.54, 1.807) is 33.7 Å². The molecule has 0 radical (unpaired) electrons. The molecule has 2 aromatic heterocycles. The Labute approximate surface area is 394 Å². The predicted octanol–water partition coefficient (Wildman–Crippen LogP) is 12.4. The minimum Gasteiger partial charge on any atom is -0.481 e. The minimum absolute atomic E-state index is 0.0638. The average molecular weight is 979 g/mol. The molecule has 18 heteroatoms. The summed E-state index contributed by atoms with van der Waals surface area (Å²) in [5.74, 6) is -3.48. The van der Waals surface area contributed by atoms with Crippen LogP contribution < -0.4 is 9.47 Å². The third-order valence-corrected chi connectivity index (χ3v) is 14.6. The molecule has 4 fully saturated rings. The Morgan fingerprint density at radius 2 is 0.857 bits per heavy atom. The second-order valence-corrected chi connectivity index (χ2v) is 19.7. The Balaban J connectivity index is 0.000000174. The van der Waals surface area contributed by atoms with Crippen LogP contribution in [0.5, 0.6) is 11.5 Å². The van der Waals surface area contributed by atoms with Gasteiger partial charge >= 0.3 is 24.7 Å². The molecule has 10 nitrogen and oxygen atoms in total. The van der Waals surface area contributed by atoms with Crippen molar-refractivity contribution in [3.05, 3.63) is 131 Å². The summed E-state index contributed by atoms with van der Waals surface area (Å²) in [7, 11) is 0. The zero-order valence-corrected chi connectivity index (χ0v) is 37.3. The fraction of sp³-hybridized carbons (Fsp3) is 0.385. The van der Waals surface area contributed by atoms with E-state index in [-0.39, 0.29) is 70.7 Å². The number of nitrogens with zero attached hydrogens (tertiary/aromatic N) is 2. The Hall–Kier alpha value is -6.72. The van der Waals surface area contributed by atoms with Crippen LogP contribution in [-0.2, 0) is 22.7 Å². The normalized spacial score (nSPS) is 23.7. The molecule has 10 rings (SSSR count). The number of carboxylic acids is 2. The highest BCUT2D eigenvalue weighted by Crippen LogP contribution is 2.63. The lowest BCUT2D eigenvalue weighted by molar-refractivity contribution is -0.275. The molecule has 2 N–H and O–H groups in total. The number of aliphatic carboxylic acids is 2. The van der Waals surface area contributed by atoms with Crippen LogP contribution in [0.3, 0.4) is 0 Å². The number of halogens is 8. The van der Waals surface area contributed by atoms with Crippen LogP contribution in [0.15, 0.2) is 97.3 Å². The van der Waals surface area contributed by atoms with Crippen molar-refractivity contribution in [2.75, 3.05) is 0 Å². The number of Topliss-reactive ketones (excluding diaryl/α,β-unsaturated/α-hetero) is 2. The van der Waals surface area contributed by atoms with Crippen molar-refractivity contribution in [3.63, 3.8) is 0 Å². The van der Waals surface area contributed by atoms with E-state index in [1.165, 1.54) is 72.8 Å². The summed E-state index contributed by atoms with van der Waals surface area (Å²) in [5, 5.41) is 18.8. The number of ketones is 2. The van der Waals surface area contributed by atoms with Gasteiger partial charge in [-0.1, -0.05) is 24.3 Å². The number of carboxylic acid groups (broad SMARTS) is 2. The summed E-state index contributed by atoms with van der Waals surface area (Å²) in [6.07, 6.45) is 0.403. The molecule has 2 heterocycles. The molecule has 368 valence electrons. The summed E-state index contributed by atoms with van der Waals surface area (Å²) in [4.78, 5) is 48.5. The van der Waals surface area contributed by atoms with Crippen LogP contribution in [-0.4, -0.2) is 55.6 Å². The maximum atomic E-state index is 14.5. The van der Waals surface area contributed by atoms with Gasteiger partial charge < -0.3 is 28.8 Å². The fourth-order valence-corrected chi connectivity index (χ4v) is 11.6. The third kappa shape index (κ3) is 10.3. The standard InChI is InChI=1S/2C26H23F4NO4/c2*27-21-6-5-20(22(32)9-16-10-25(11-16)12-17(13-25)24(33)34)23-19(21)7-8-31(23)14-15-1-3-18(4-2-15)35-26(28,29)30/h2*1-8,16-17H,9-14H2,(H,33,34). The lowest BCUT2D eigenvalue weighted by atomic mass is 9.47. The largest absolute Gasteiger partial charge is 0.573 e. The van der Waals surface area contributed by atoms with Gasteiger partial charge in [0.1, 0.15) is 23.1 Å². The SMILES string of the molecule is O=C(CC1CC2(C1)CC(C(=O)O)C2)c1ccc(F)c2ccn(Cc3ccc(OC(F)(F)F)cc3)c12.O=C(CC1CC2(C1)CC(C(=O)O)C2)c1ccc(F)c2ccn(Cc3ccc(OC(F)(F)F)cc3)c12. The quantitative estimate of drug-likeness (QED) is 0.0813. The van der Waals surface area contributed by atoms with Crippen LogP contribution in [0.1, 0.15) is 96.1 Å². The van der Waals surface area contributed by atoms with Crippen LogP contribution in [0.4, 0.5) is 35.1 Å². The Morgan fingerprint density at radius 3 is 1.17 bits per heavy atom. The maximum absolute atomic E-state index is 14.5. The molecule has 0 amide bonds. The van der Waals surface area contributed by atoms with Crippen LogP contribution in [0.25, 0.3) is 21.8 Å². The van der Waals surface area contributed by atoms with E-state index in [2.05, 4.69) is 9.47 Å². The van der Waals surface area contributed by atoms with Crippen molar-refractivity contribution >= 4 is 45.3 Å². The summed E-state index contributed by atoms with van der Waals surface area (Å²) >= 11 is 0. The summed E-state index contributed by atoms with van der Waals surface area (Å²) < 4.78 is 115. The molecule has 0 bridgehead atoms. The van der Waals surface area contributed by atoms with Gasteiger partial charge in [0.05, 0.1) is 22.9 Å². The molecule has 4 aromatic carbocycles. The van der Waals surface area contributed by atoms with Gasteiger partial charge in [-0.2, -0.15) is 0 Å². The zero-order chi connectivity index (χ0) is 49.9. The van der Waals surface area contributed by atoms with Crippen molar-refractivity contribution in [1.29, 1.82) is 0 Å². The first kappa shape index (κ1) is 48.3. The molecule has 0 aliphatic heterocycles. The average Bonchev–Trinajstić information content (AvgIpc) is 3.85. The number of rotatable bonds is 14. The predicted molar refractivity (Wildman–Crippen MR) is 237 cm³/mol.